The van der Waals surface area contributed by atoms with Crippen LogP contribution >= 0.6 is 0 Å². The Bertz CT molecular complexity index is 2210. The molecule has 8 nitrogen and oxygen atoms in total. The van der Waals surface area contributed by atoms with Crippen LogP contribution in [0.2, 0.25) is 0 Å². The number of aryl methyl sites for hydroxylation is 1. The molecular weight excluding hydrogens is 691 g/mol. The van der Waals surface area contributed by atoms with E-state index in [1.807, 2.05) is 0 Å². The van der Waals surface area contributed by atoms with E-state index < -0.39 is 0 Å². The van der Waals surface area contributed by atoms with Gasteiger partial charge in [0.15, 0.2) is 23.0 Å². The first kappa shape index (κ1) is 35.0. The SMILES string of the molecule is Oc1ccc(C=Cc2c(CCc3ccc(CN[C@H]4C[C@@H]5O[C@@]67[C@@H]8C[C@H]5C=CC8CC[C@]65C[C@H](O)C[C@@H]5CC[C@@H]47)cc3)c(O)c(O)c3c(O)cccc23)cc1O. The molecule has 2 heterocycles. The minimum Gasteiger partial charge on any atom is -0.507 e. The van der Waals surface area contributed by atoms with Gasteiger partial charge in [-0.1, -0.05) is 66.8 Å². The Hall–Kier alpha value is -4.50. The standard InChI is InChI=1S/C47H51NO7/c49-32-22-31-13-16-36-38(23-42-30-12-11-29-18-19-46(31,24-32)47(36,55-42)37(29)21-30)48-25-28-6-4-26(5-7-28)8-15-35-33(14-9-27-10-17-39(50)41(52)20-27)34-2-1-3-40(51)43(34)45(54)44(35)53/h1-7,9-12,14,17,20,29-32,36-38,42,48-54H,8,13,15-16,18-19,21-25H2/t29?,30-,31+,32-,36+,37-,38+,42+,46-,47+/m1/s1. The summed E-state index contributed by atoms with van der Waals surface area (Å²) in [6.07, 6.45) is 18.6. The summed E-state index contributed by atoms with van der Waals surface area (Å²) >= 11 is 0. The Morgan fingerprint density at radius 2 is 1.56 bits per heavy atom. The van der Waals surface area contributed by atoms with Gasteiger partial charge >= 0.3 is 0 Å². The first-order chi connectivity index (χ1) is 26.6. The number of fused-ring (bicyclic) bond motifs is 4. The summed E-state index contributed by atoms with van der Waals surface area (Å²) in [5, 5.41) is 68.6. The number of benzene rings is 4. The van der Waals surface area contributed by atoms with Crippen molar-refractivity contribution in [1.82, 2.24) is 5.32 Å². The molecule has 6 aliphatic rings. The minimum atomic E-state index is -0.354. The molecule has 10 rings (SSSR count). The zero-order chi connectivity index (χ0) is 37.6. The van der Waals surface area contributed by atoms with E-state index in [4.69, 9.17) is 4.74 Å². The van der Waals surface area contributed by atoms with Crippen molar-refractivity contribution in [2.45, 2.75) is 94.6 Å². The molecule has 1 unspecified atom stereocenters. The predicted octanol–water partition coefficient (Wildman–Crippen LogP) is 8.09. The van der Waals surface area contributed by atoms with Gasteiger partial charge in [0.2, 0.25) is 0 Å². The van der Waals surface area contributed by atoms with E-state index in [1.165, 1.54) is 55.9 Å². The van der Waals surface area contributed by atoms with Crippen molar-refractivity contribution >= 4 is 22.9 Å². The molecule has 0 amide bonds. The third-order valence-electron chi connectivity index (χ3n) is 15.1. The summed E-state index contributed by atoms with van der Waals surface area (Å²) in [6.45, 7) is 0.780. The number of nitrogens with one attached hydrogen (secondary N) is 1. The normalized spacial score (nSPS) is 34.3. The largest absolute Gasteiger partial charge is 0.507 e. The maximum absolute atomic E-state index is 11.3. The monoisotopic (exact) mass is 741 g/mol. The van der Waals surface area contributed by atoms with Gasteiger partial charge in [-0.3, -0.25) is 0 Å². The molecule has 2 spiro atoms. The lowest BCUT2D eigenvalue weighted by atomic mass is 9.40. The van der Waals surface area contributed by atoms with Crippen molar-refractivity contribution in [3.8, 4) is 28.7 Å². The molecule has 7 N–H and O–H groups in total. The smallest absolute Gasteiger partial charge is 0.169 e. The second-order valence-corrected chi connectivity index (χ2v) is 17.6. The van der Waals surface area contributed by atoms with E-state index in [0.29, 0.717) is 70.5 Å². The Morgan fingerprint density at radius 1 is 0.745 bits per heavy atom. The van der Waals surface area contributed by atoms with E-state index in [1.54, 1.807) is 30.4 Å². The third kappa shape index (κ3) is 5.35. The molecule has 10 atom stereocenters. The third-order valence-corrected chi connectivity index (χ3v) is 15.1. The molecule has 5 fully saturated rings. The van der Waals surface area contributed by atoms with Crippen LogP contribution in [0, 0.1) is 35.0 Å². The molecule has 0 aromatic heterocycles. The van der Waals surface area contributed by atoms with Crippen LogP contribution < -0.4 is 5.32 Å². The van der Waals surface area contributed by atoms with E-state index in [9.17, 15) is 30.6 Å². The summed E-state index contributed by atoms with van der Waals surface area (Å²) < 4.78 is 7.46. The Labute approximate surface area is 321 Å². The number of hydrogen-bond acceptors (Lipinski definition) is 8. The number of aliphatic hydroxyl groups excluding tert-OH is 1. The number of aromatic hydroxyl groups is 5. The van der Waals surface area contributed by atoms with Crippen LogP contribution in [-0.4, -0.2) is 54.5 Å². The maximum Gasteiger partial charge on any atom is 0.169 e. The molecule has 2 aliphatic heterocycles. The van der Waals surface area contributed by atoms with Crippen molar-refractivity contribution in [2.24, 2.45) is 35.0 Å². The number of allylic oxidation sites excluding steroid dienone is 1. The van der Waals surface area contributed by atoms with Gasteiger partial charge in [-0.15, -0.1) is 0 Å². The highest BCUT2D eigenvalue weighted by atomic mass is 16.5. The van der Waals surface area contributed by atoms with E-state index >= 15 is 0 Å². The van der Waals surface area contributed by atoms with Crippen LogP contribution in [0.5, 0.6) is 28.7 Å². The van der Waals surface area contributed by atoms with Crippen LogP contribution in [0.4, 0.5) is 0 Å². The van der Waals surface area contributed by atoms with Crippen LogP contribution in [0.1, 0.15) is 79.2 Å². The van der Waals surface area contributed by atoms with Gasteiger partial charge in [0, 0.05) is 35.4 Å². The summed E-state index contributed by atoms with van der Waals surface area (Å²) in [5.74, 6) is 1.48. The second kappa shape index (κ2) is 13.0. The van der Waals surface area contributed by atoms with Gasteiger partial charge in [-0.05, 0) is 128 Å². The van der Waals surface area contributed by atoms with Crippen LogP contribution in [0.15, 0.2) is 72.8 Å². The van der Waals surface area contributed by atoms with Crippen molar-refractivity contribution < 1.29 is 35.4 Å². The fraction of sp³-hybridized carbons (Fsp3) is 0.447. The molecule has 4 bridgehead atoms. The summed E-state index contributed by atoms with van der Waals surface area (Å²) in [5.41, 5.74) is 4.14. The highest BCUT2D eigenvalue weighted by molar-refractivity contribution is 6.03. The number of ether oxygens (including phenoxy) is 1. The molecule has 4 aromatic rings. The lowest BCUT2D eigenvalue weighted by Crippen LogP contribution is -2.76. The zero-order valence-electron chi connectivity index (χ0n) is 31.1. The number of phenolic OH excluding ortho intramolecular Hbond substituents is 5. The highest BCUT2D eigenvalue weighted by Crippen LogP contribution is 2.73. The zero-order valence-corrected chi connectivity index (χ0v) is 31.1. The molecular formula is C47H51NO7. The van der Waals surface area contributed by atoms with Gasteiger partial charge in [0.1, 0.15) is 5.75 Å². The van der Waals surface area contributed by atoms with Gasteiger partial charge in [0.25, 0.3) is 0 Å². The van der Waals surface area contributed by atoms with Crippen molar-refractivity contribution in [3.05, 3.63) is 101 Å². The number of rotatable bonds is 8. The average molecular weight is 742 g/mol. The summed E-state index contributed by atoms with van der Waals surface area (Å²) in [6, 6.07) is 18.6. The second-order valence-electron chi connectivity index (χ2n) is 17.6. The number of hydrogen-bond donors (Lipinski definition) is 7. The summed E-state index contributed by atoms with van der Waals surface area (Å²) in [7, 11) is 0. The molecule has 8 heteroatoms. The molecule has 55 heavy (non-hydrogen) atoms. The minimum absolute atomic E-state index is 0.105. The van der Waals surface area contributed by atoms with Crippen molar-refractivity contribution in [2.75, 3.05) is 0 Å². The highest BCUT2D eigenvalue weighted by Gasteiger charge is 2.74. The topological polar surface area (TPSA) is 143 Å². The van der Waals surface area contributed by atoms with E-state index in [-0.39, 0.29) is 57.4 Å². The number of phenols is 5. The van der Waals surface area contributed by atoms with E-state index in [2.05, 4.69) is 41.7 Å². The Kier molecular flexibility index (Phi) is 8.29. The van der Waals surface area contributed by atoms with Crippen LogP contribution in [0.25, 0.3) is 22.9 Å². The average Bonchev–Trinajstić information content (AvgIpc) is 3.53. The van der Waals surface area contributed by atoms with Crippen molar-refractivity contribution in [3.63, 3.8) is 0 Å². The Morgan fingerprint density at radius 3 is 2.40 bits per heavy atom. The lowest BCUT2D eigenvalue weighted by molar-refractivity contribution is -0.336. The van der Waals surface area contributed by atoms with Gasteiger partial charge in [-0.25, -0.2) is 0 Å². The molecule has 0 radical (unpaired) electrons. The van der Waals surface area contributed by atoms with Crippen molar-refractivity contribution in [1.29, 1.82) is 0 Å². The number of aliphatic hydroxyl groups is 1. The first-order valence-electron chi connectivity index (χ1n) is 20.4. The van der Waals surface area contributed by atoms with E-state index in [0.717, 1.165) is 31.4 Å². The fourth-order valence-corrected chi connectivity index (χ4v) is 12.8. The Balaban J connectivity index is 0.881. The van der Waals surface area contributed by atoms with Crippen LogP contribution in [0.3, 0.4) is 0 Å². The lowest BCUT2D eigenvalue weighted by Gasteiger charge is -2.73. The predicted molar refractivity (Wildman–Crippen MR) is 212 cm³/mol. The first-order valence-corrected chi connectivity index (χ1v) is 20.4. The van der Waals surface area contributed by atoms with Gasteiger partial charge in [0.05, 0.1) is 23.2 Å². The quantitative estimate of drug-likeness (QED) is 0.0546. The van der Waals surface area contributed by atoms with Gasteiger partial charge in [-0.2, -0.15) is 0 Å². The molecule has 4 aliphatic carbocycles. The molecule has 2 saturated heterocycles. The molecule has 4 aromatic carbocycles. The molecule has 286 valence electrons. The fourth-order valence-electron chi connectivity index (χ4n) is 12.8. The molecule has 3 saturated carbocycles. The summed E-state index contributed by atoms with van der Waals surface area (Å²) in [4.78, 5) is 0. The maximum atomic E-state index is 11.3. The van der Waals surface area contributed by atoms with Crippen LogP contribution in [-0.2, 0) is 24.1 Å². The van der Waals surface area contributed by atoms with Gasteiger partial charge < -0.3 is 40.7 Å².